The molecule has 2 rings (SSSR count). The largest absolute Gasteiger partial charge is 0.381 e. The first kappa shape index (κ1) is 20.9. The molecule has 0 saturated heterocycles. The molecule has 0 bridgehead atoms. The molecule has 0 aromatic rings. The Labute approximate surface area is 155 Å². The average molecular weight is 353 g/mol. The normalized spacial score (nSPS) is 33.8. The Morgan fingerprint density at radius 2 is 1.52 bits per heavy atom. The van der Waals surface area contributed by atoms with Crippen LogP contribution in [0.3, 0.4) is 0 Å². The highest BCUT2D eigenvalue weighted by Crippen LogP contribution is 2.45. The lowest BCUT2D eigenvalue weighted by Gasteiger charge is -2.41. The van der Waals surface area contributed by atoms with E-state index in [1.165, 1.54) is 77.0 Å². The Balaban J connectivity index is 1.63. The van der Waals surface area contributed by atoms with Gasteiger partial charge in [-0.1, -0.05) is 51.2 Å². The minimum atomic E-state index is -0.215. The molecule has 1 nitrogen and oxygen atoms in total. The van der Waals surface area contributed by atoms with Gasteiger partial charge in [0.05, 0.1) is 12.8 Å². The second kappa shape index (κ2) is 11.4. The molecular formula is C23H41FO. The van der Waals surface area contributed by atoms with Crippen LogP contribution in [0.2, 0.25) is 0 Å². The summed E-state index contributed by atoms with van der Waals surface area (Å²) in [6, 6.07) is 0. The highest BCUT2D eigenvalue weighted by Gasteiger charge is 2.34. The van der Waals surface area contributed by atoms with Crippen molar-refractivity contribution in [1.82, 2.24) is 0 Å². The summed E-state index contributed by atoms with van der Waals surface area (Å²) >= 11 is 0. The minimum Gasteiger partial charge on any atom is -0.381 e. The van der Waals surface area contributed by atoms with Crippen LogP contribution in [-0.4, -0.2) is 19.9 Å². The lowest BCUT2D eigenvalue weighted by Crippen LogP contribution is -2.31. The predicted octanol–water partition coefficient (Wildman–Crippen LogP) is 7.25. The van der Waals surface area contributed by atoms with Crippen LogP contribution >= 0.6 is 0 Å². The molecule has 2 saturated carbocycles. The Kier molecular flexibility index (Phi) is 9.52. The van der Waals surface area contributed by atoms with E-state index in [2.05, 4.69) is 13.0 Å². The quantitative estimate of drug-likeness (QED) is 0.376. The Bertz CT molecular complexity index is 362. The molecule has 2 aliphatic carbocycles. The third-order valence-corrected chi connectivity index (χ3v) is 7.31. The van der Waals surface area contributed by atoms with Gasteiger partial charge in [0.15, 0.2) is 0 Å². The molecule has 2 heteroatoms. The molecule has 0 amide bonds. The lowest BCUT2D eigenvalue weighted by atomic mass is 9.66. The zero-order chi connectivity index (χ0) is 18.0. The van der Waals surface area contributed by atoms with Crippen molar-refractivity contribution in [2.75, 3.05) is 13.8 Å². The molecule has 0 atom stereocenters. The zero-order valence-corrected chi connectivity index (χ0v) is 16.8. The summed E-state index contributed by atoms with van der Waals surface area (Å²) in [6.07, 6.45) is 23.1. The highest BCUT2D eigenvalue weighted by atomic mass is 19.1. The number of rotatable bonds is 10. The summed E-state index contributed by atoms with van der Waals surface area (Å²) in [6.45, 7) is 2.19. The van der Waals surface area contributed by atoms with E-state index >= 15 is 0 Å². The van der Waals surface area contributed by atoms with Crippen molar-refractivity contribution >= 4 is 0 Å². The van der Waals surface area contributed by atoms with E-state index in [1.807, 2.05) is 13.2 Å². The monoisotopic (exact) mass is 352 g/mol. The number of allylic oxidation sites excluding steroid dienone is 2. The Hall–Kier alpha value is -0.370. The van der Waals surface area contributed by atoms with Crippen LogP contribution in [0.5, 0.6) is 0 Å². The second-order valence-electron chi connectivity index (χ2n) is 8.74. The smallest absolute Gasteiger partial charge is 0.0928 e. The van der Waals surface area contributed by atoms with Crippen LogP contribution in [0.1, 0.15) is 96.8 Å². The van der Waals surface area contributed by atoms with Gasteiger partial charge in [-0.15, -0.1) is 0 Å². The van der Waals surface area contributed by atoms with Gasteiger partial charge < -0.3 is 4.74 Å². The molecule has 0 aliphatic heterocycles. The molecule has 0 unspecified atom stereocenters. The summed E-state index contributed by atoms with van der Waals surface area (Å²) < 4.78 is 17.6. The number of alkyl halides is 1. The summed E-state index contributed by atoms with van der Waals surface area (Å²) in [5, 5.41) is 0. The minimum absolute atomic E-state index is 0.215. The molecule has 0 N–H and O–H groups in total. The van der Waals surface area contributed by atoms with Crippen LogP contribution in [-0.2, 0) is 4.74 Å². The molecule has 25 heavy (non-hydrogen) atoms. The summed E-state index contributed by atoms with van der Waals surface area (Å²) in [7, 11) is 1.87. The highest BCUT2D eigenvalue weighted by molar-refractivity contribution is 4.87. The molecule has 0 heterocycles. The van der Waals surface area contributed by atoms with Gasteiger partial charge in [-0.25, -0.2) is 0 Å². The van der Waals surface area contributed by atoms with Gasteiger partial charge in [-0.2, -0.15) is 0 Å². The second-order valence-corrected chi connectivity index (χ2v) is 8.74. The van der Waals surface area contributed by atoms with Crippen molar-refractivity contribution < 1.29 is 9.13 Å². The maximum absolute atomic E-state index is 12.1. The molecule has 0 aromatic heterocycles. The van der Waals surface area contributed by atoms with E-state index in [0.717, 1.165) is 18.3 Å². The zero-order valence-electron chi connectivity index (χ0n) is 16.8. The summed E-state index contributed by atoms with van der Waals surface area (Å²) in [4.78, 5) is 0. The number of hydrogen-bond acceptors (Lipinski definition) is 1. The fraction of sp³-hybridized carbons (Fsp3) is 0.913. The number of hydrogen-bond donors (Lipinski definition) is 0. The molecule has 2 fully saturated rings. The van der Waals surface area contributed by atoms with Crippen molar-refractivity contribution in [3.8, 4) is 0 Å². The van der Waals surface area contributed by atoms with Gasteiger partial charge in [-0.3, -0.25) is 4.39 Å². The van der Waals surface area contributed by atoms with E-state index in [4.69, 9.17) is 4.74 Å². The number of methoxy groups -OCH3 is 1. The number of halogens is 1. The maximum Gasteiger partial charge on any atom is 0.0928 e. The topological polar surface area (TPSA) is 9.23 Å². The summed E-state index contributed by atoms with van der Waals surface area (Å²) in [5.74, 6) is 1.89. The predicted molar refractivity (Wildman–Crippen MR) is 106 cm³/mol. The van der Waals surface area contributed by atoms with Crippen LogP contribution in [0.15, 0.2) is 12.2 Å². The van der Waals surface area contributed by atoms with Gasteiger partial charge in [-0.05, 0) is 75.0 Å². The fourth-order valence-electron chi connectivity index (χ4n) is 5.17. The first-order valence-electron chi connectivity index (χ1n) is 10.9. The number of ether oxygens (including phenoxy) is 1. The van der Waals surface area contributed by atoms with Gasteiger partial charge >= 0.3 is 0 Å². The van der Waals surface area contributed by atoms with E-state index in [-0.39, 0.29) is 6.67 Å². The van der Waals surface area contributed by atoms with Crippen molar-refractivity contribution in [3.05, 3.63) is 12.2 Å². The van der Waals surface area contributed by atoms with E-state index < -0.39 is 0 Å². The average Bonchev–Trinajstić information content (AvgIpc) is 2.67. The Morgan fingerprint density at radius 3 is 2.08 bits per heavy atom. The standard InChI is InChI=1S/C23H41FO/c1-3-23(17-14-22(25-2)15-18-23)16-13-21-11-9-20(10-12-21)8-6-4-5-7-19-24/h4-5,20-22H,3,6-19H2,1-2H3/b5-4+. The van der Waals surface area contributed by atoms with Crippen molar-refractivity contribution in [1.29, 1.82) is 0 Å². The summed E-state index contributed by atoms with van der Waals surface area (Å²) in [5.41, 5.74) is 0.618. The third kappa shape index (κ3) is 7.04. The Morgan fingerprint density at radius 1 is 0.920 bits per heavy atom. The van der Waals surface area contributed by atoms with Crippen molar-refractivity contribution in [3.63, 3.8) is 0 Å². The molecule has 2 aliphatic rings. The van der Waals surface area contributed by atoms with Crippen LogP contribution < -0.4 is 0 Å². The van der Waals surface area contributed by atoms with Crippen molar-refractivity contribution in [2.24, 2.45) is 17.3 Å². The molecule has 0 aromatic carbocycles. The first-order chi connectivity index (χ1) is 12.2. The van der Waals surface area contributed by atoms with Gasteiger partial charge in [0.25, 0.3) is 0 Å². The molecular weight excluding hydrogens is 311 g/mol. The van der Waals surface area contributed by atoms with E-state index in [9.17, 15) is 4.39 Å². The lowest BCUT2D eigenvalue weighted by molar-refractivity contribution is 0.0181. The van der Waals surface area contributed by atoms with Crippen LogP contribution in [0.4, 0.5) is 4.39 Å². The third-order valence-electron chi connectivity index (χ3n) is 7.31. The molecule has 0 spiro atoms. The van der Waals surface area contributed by atoms with E-state index in [1.54, 1.807) is 0 Å². The maximum atomic E-state index is 12.1. The molecule has 146 valence electrons. The van der Waals surface area contributed by atoms with E-state index in [0.29, 0.717) is 17.9 Å². The first-order valence-corrected chi connectivity index (χ1v) is 10.9. The van der Waals surface area contributed by atoms with Gasteiger partial charge in [0.1, 0.15) is 0 Å². The van der Waals surface area contributed by atoms with Gasteiger partial charge in [0, 0.05) is 7.11 Å². The van der Waals surface area contributed by atoms with Crippen LogP contribution in [0.25, 0.3) is 0 Å². The van der Waals surface area contributed by atoms with Gasteiger partial charge in [0.2, 0.25) is 0 Å². The molecule has 0 radical (unpaired) electrons. The van der Waals surface area contributed by atoms with Crippen LogP contribution in [0, 0.1) is 17.3 Å². The van der Waals surface area contributed by atoms with Crippen molar-refractivity contribution in [2.45, 2.75) is 103 Å². The SMILES string of the molecule is CCC1(CCC2CCC(CC/C=C/CCF)CC2)CCC(OC)CC1. The fourth-order valence-corrected chi connectivity index (χ4v) is 5.17.